The molecule has 0 fully saturated rings. The van der Waals surface area contributed by atoms with Crippen LogP contribution in [0, 0.1) is 0 Å². The lowest BCUT2D eigenvalue weighted by molar-refractivity contribution is 0.0973. The summed E-state index contributed by atoms with van der Waals surface area (Å²) in [6.07, 6.45) is 0. The highest BCUT2D eigenvalue weighted by atomic mass is 16.5. The molecule has 0 spiro atoms. The lowest BCUT2D eigenvalue weighted by Gasteiger charge is -2.21. The van der Waals surface area contributed by atoms with Crippen LogP contribution < -0.4 is 14.2 Å². The van der Waals surface area contributed by atoms with Crippen molar-refractivity contribution >= 4 is 11.6 Å². The average Bonchev–Trinajstić information content (AvgIpc) is 2.58. The summed E-state index contributed by atoms with van der Waals surface area (Å²) in [4.78, 5) is 25.6. The fraction of sp³-hybridized carbons (Fsp3) is 0.176. The zero-order chi connectivity index (χ0) is 16.7. The number of methoxy groups -OCH3 is 3. The molecule has 0 saturated carbocycles. The maximum Gasteiger partial charge on any atom is 0.202 e. The highest BCUT2D eigenvalue weighted by molar-refractivity contribution is 6.30. The summed E-state index contributed by atoms with van der Waals surface area (Å²) in [6.45, 7) is 0. The van der Waals surface area contributed by atoms with Gasteiger partial charge >= 0.3 is 0 Å². The number of hydrogen-bond acceptors (Lipinski definition) is 6. The number of fused-ring (bicyclic) bond motifs is 2. The van der Waals surface area contributed by atoms with Crippen molar-refractivity contribution in [2.45, 2.75) is 0 Å². The van der Waals surface area contributed by atoms with E-state index in [1.165, 1.54) is 45.6 Å². The lowest BCUT2D eigenvalue weighted by atomic mass is 9.82. The molecule has 1 N–H and O–H groups in total. The number of rotatable bonds is 3. The molecule has 6 heteroatoms. The summed E-state index contributed by atoms with van der Waals surface area (Å²) < 4.78 is 15.4. The van der Waals surface area contributed by atoms with Gasteiger partial charge < -0.3 is 19.3 Å². The van der Waals surface area contributed by atoms with Crippen LogP contribution in [0.1, 0.15) is 31.8 Å². The van der Waals surface area contributed by atoms with Gasteiger partial charge in [-0.1, -0.05) is 0 Å². The summed E-state index contributed by atoms with van der Waals surface area (Å²) in [5.41, 5.74) is 0.332. The molecule has 0 aromatic heterocycles. The van der Waals surface area contributed by atoms with E-state index in [1.54, 1.807) is 0 Å². The molecule has 23 heavy (non-hydrogen) atoms. The molecule has 6 nitrogen and oxygen atoms in total. The van der Waals surface area contributed by atoms with Crippen LogP contribution in [0.4, 0.5) is 0 Å². The van der Waals surface area contributed by atoms with E-state index in [1.807, 2.05) is 0 Å². The zero-order valence-corrected chi connectivity index (χ0v) is 12.8. The standard InChI is InChI=1S/C17H14O6/c1-21-8-6-10-13(12(7-8)23-3)17(20)14-9(15(10)18)4-5-11(22-2)16(14)19/h4-7,19H,1-3H3. The van der Waals surface area contributed by atoms with E-state index in [0.717, 1.165) is 0 Å². The third kappa shape index (κ3) is 2.03. The number of carbonyl (C=O) groups is 2. The maximum absolute atomic E-state index is 12.8. The van der Waals surface area contributed by atoms with Crippen LogP contribution in [-0.4, -0.2) is 38.0 Å². The monoisotopic (exact) mass is 314 g/mol. The predicted molar refractivity (Wildman–Crippen MR) is 81.1 cm³/mol. The molecule has 118 valence electrons. The van der Waals surface area contributed by atoms with Crippen molar-refractivity contribution < 1.29 is 28.9 Å². The van der Waals surface area contributed by atoms with Gasteiger partial charge in [0.05, 0.1) is 32.5 Å². The van der Waals surface area contributed by atoms with Gasteiger partial charge in [-0.2, -0.15) is 0 Å². The van der Waals surface area contributed by atoms with Crippen LogP contribution in [0.5, 0.6) is 23.0 Å². The van der Waals surface area contributed by atoms with Gasteiger partial charge in [0, 0.05) is 17.2 Å². The minimum atomic E-state index is -0.495. The number of carbonyl (C=O) groups excluding carboxylic acids is 2. The van der Waals surface area contributed by atoms with Crippen LogP contribution in [0.25, 0.3) is 0 Å². The van der Waals surface area contributed by atoms with E-state index in [-0.39, 0.29) is 45.3 Å². The Morgan fingerprint density at radius 1 is 0.783 bits per heavy atom. The minimum absolute atomic E-state index is 0.0784. The summed E-state index contributed by atoms with van der Waals surface area (Å²) >= 11 is 0. The molecule has 1 aliphatic carbocycles. The molecule has 2 aromatic carbocycles. The van der Waals surface area contributed by atoms with Crippen molar-refractivity contribution in [2.75, 3.05) is 21.3 Å². The van der Waals surface area contributed by atoms with E-state index in [9.17, 15) is 14.7 Å². The third-order valence-corrected chi connectivity index (χ3v) is 3.84. The Kier molecular flexibility index (Phi) is 3.44. The lowest BCUT2D eigenvalue weighted by Crippen LogP contribution is -2.22. The molecule has 2 aromatic rings. The molecule has 0 radical (unpaired) electrons. The van der Waals surface area contributed by atoms with Gasteiger partial charge in [0.2, 0.25) is 5.78 Å². The van der Waals surface area contributed by atoms with Gasteiger partial charge in [-0.25, -0.2) is 0 Å². The number of aromatic hydroxyl groups is 1. The van der Waals surface area contributed by atoms with Gasteiger partial charge in [-0.15, -0.1) is 0 Å². The molecule has 0 aliphatic heterocycles. The van der Waals surface area contributed by atoms with Crippen molar-refractivity contribution in [1.82, 2.24) is 0 Å². The van der Waals surface area contributed by atoms with Crippen molar-refractivity contribution in [1.29, 1.82) is 0 Å². The first-order valence-electron chi connectivity index (χ1n) is 6.78. The predicted octanol–water partition coefficient (Wildman–Crippen LogP) is 2.19. The number of phenols is 1. The third-order valence-electron chi connectivity index (χ3n) is 3.84. The molecule has 0 heterocycles. The zero-order valence-electron chi connectivity index (χ0n) is 12.8. The fourth-order valence-electron chi connectivity index (χ4n) is 2.71. The van der Waals surface area contributed by atoms with E-state index >= 15 is 0 Å². The molecule has 0 unspecified atom stereocenters. The van der Waals surface area contributed by atoms with Gasteiger partial charge in [0.1, 0.15) is 11.5 Å². The van der Waals surface area contributed by atoms with Crippen LogP contribution in [0.2, 0.25) is 0 Å². The van der Waals surface area contributed by atoms with Crippen LogP contribution >= 0.6 is 0 Å². The second-order valence-corrected chi connectivity index (χ2v) is 4.95. The Balaban J connectivity index is 2.33. The number of ketones is 2. The number of phenolic OH excluding ortho intramolecular Hbond substituents is 1. The topological polar surface area (TPSA) is 82.1 Å². The van der Waals surface area contributed by atoms with Gasteiger partial charge in [0.25, 0.3) is 0 Å². The van der Waals surface area contributed by atoms with Crippen LogP contribution in [-0.2, 0) is 0 Å². The van der Waals surface area contributed by atoms with Crippen molar-refractivity contribution in [2.24, 2.45) is 0 Å². The highest BCUT2D eigenvalue weighted by Crippen LogP contribution is 2.42. The number of hydrogen-bond donors (Lipinski definition) is 1. The molecule has 0 atom stereocenters. The second kappa shape index (κ2) is 5.31. The van der Waals surface area contributed by atoms with Gasteiger partial charge in [-0.05, 0) is 18.2 Å². The Bertz CT molecular complexity index is 837. The summed E-state index contributed by atoms with van der Waals surface area (Å²) in [7, 11) is 4.23. The normalized spacial score (nSPS) is 12.5. The van der Waals surface area contributed by atoms with Crippen molar-refractivity contribution in [3.05, 3.63) is 46.5 Å². The quantitative estimate of drug-likeness (QED) is 0.798. The van der Waals surface area contributed by atoms with Gasteiger partial charge in [0.15, 0.2) is 17.3 Å². The van der Waals surface area contributed by atoms with Crippen LogP contribution in [0.15, 0.2) is 24.3 Å². The molecule has 1 aliphatic rings. The summed E-state index contributed by atoms with van der Waals surface area (Å²) in [6, 6.07) is 5.92. The van der Waals surface area contributed by atoms with E-state index in [0.29, 0.717) is 5.75 Å². The van der Waals surface area contributed by atoms with Crippen molar-refractivity contribution in [3.63, 3.8) is 0 Å². The Labute approximate surface area is 132 Å². The van der Waals surface area contributed by atoms with Crippen molar-refractivity contribution in [3.8, 4) is 23.0 Å². The SMILES string of the molecule is COc1cc(OC)c2c(c1)C(=O)c1ccc(OC)c(O)c1C2=O. The first-order chi connectivity index (χ1) is 11.0. The molecule has 3 rings (SSSR count). The highest BCUT2D eigenvalue weighted by Gasteiger charge is 2.36. The largest absolute Gasteiger partial charge is 0.504 e. The Morgan fingerprint density at radius 2 is 1.48 bits per heavy atom. The average molecular weight is 314 g/mol. The van der Waals surface area contributed by atoms with E-state index in [4.69, 9.17) is 14.2 Å². The molecule has 0 saturated heterocycles. The molecule has 0 bridgehead atoms. The maximum atomic E-state index is 12.8. The Hall–Kier alpha value is -3.02. The second-order valence-electron chi connectivity index (χ2n) is 4.95. The van der Waals surface area contributed by atoms with Gasteiger partial charge in [-0.3, -0.25) is 9.59 Å². The first-order valence-corrected chi connectivity index (χ1v) is 6.78. The summed E-state index contributed by atoms with van der Waals surface area (Å²) in [5.74, 6) is -0.489. The summed E-state index contributed by atoms with van der Waals surface area (Å²) in [5, 5.41) is 10.2. The first kappa shape index (κ1) is 14.9. The molecular formula is C17H14O6. The molecular weight excluding hydrogens is 300 g/mol. The van der Waals surface area contributed by atoms with E-state index < -0.39 is 5.78 Å². The van der Waals surface area contributed by atoms with Crippen LogP contribution in [0.3, 0.4) is 0 Å². The minimum Gasteiger partial charge on any atom is -0.504 e. The Morgan fingerprint density at radius 3 is 2.09 bits per heavy atom. The fourth-order valence-corrected chi connectivity index (χ4v) is 2.71. The number of benzene rings is 2. The van der Waals surface area contributed by atoms with E-state index in [2.05, 4.69) is 0 Å². The smallest absolute Gasteiger partial charge is 0.202 e. The number of ether oxygens (including phenoxy) is 3. The molecule has 0 amide bonds.